The third-order valence-electron chi connectivity index (χ3n) is 2.23. The maximum atomic E-state index is 13.5. The van der Waals surface area contributed by atoms with Crippen molar-refractivity contribution in [2.75, 3.05) is 13.7 Å². The highest BCUT2D eigenvalue weighted by Gasteiger charge is 2.24. The lowest BCUT2D eigenvalue weighted by atomic mass is 10.0. The van der Waals surface area contributed by atoms with Crippen molar-refractivity contribution in [2.24, 2.45) is 0 Å². The number of hydrogen-bond donors (Lipinski definition) is 1. The van der Waals surface area contributed by atoms with E-state index in [1.165, 1.54) is 19.2 Å². The van der Waals surface area contributed by atoms with E-state index in [1.807, 2.05) is 0 Å². The molecule has 0 aliphatic carbocycles. The highest BCUT2D eigenvalue weighted by atomic mass is 19.1. The Labute approximate surface area is 99.0 Å². The Morgan fingerprint density at radius 3 is 2.71 bits per heavy atom. The first-order chi connectivity index (χ1) is 8.01. The molecule has 0 radical (unpaired) electrons. The van der Waals surface area contributed by atoms with Crippen LogP contribution in [-0.2, 0) is 9.53 Å². The molecule has 1 aromatic rings. The summed E-state index contributed by atoms with van der Waals surface area (Å²) in [6.45, 7) is 3.43. The third-order valence-corrected chi connectivity index (χ3v) is 2.23. The van der Waals surface area contributed by atoms with Gasteiger partial charge in [0.05, 0.1) is 13.7 Å². The van der Waals surface area contributed by atoms with Crippen molar-refractivity contribution in [2.45, 2.75) is 20.0 Å². The summed E-state index contributed by atoms with van der Waals surface area (Å²) in [6, 6.07) is 2.75. The Morgan fingerprint density at radius 2 is 2.18 bits per heavy atom. The van der Waals surface area contributed by atoms with E-state index in [2.05, 4.69) is 4.74 Å². The standard InChI is InChI=1S/C12H15FO4/c1-4-17-12(15)10(14)8-5-7(2)6-9(13)11(8)16-3/h5-6,10,14H,4H2,1-3H3. The van der Waals surface area contributed by atoms with Gasteiger partial charge in [-0.1, -0.05) is 0 Å². The van der Waals surface area contributed by atoms with Gasteiger partial charge in [-0.2, -0.15) is 0 Å². The highest BCUT2D eigenvalue weighted by Crippen LogP contribution is 2.30. The number of benzene rings is 1. The van der Waals surface area contributed by atoms with Crippen LogP contribution >= 0.6 is 0 Å². The second-order valence-electron chi connectivity index (χ2n) is 3.52. The Bertz CT molecular complexity index is 417. The average molecular weight is 242 g/mol. The first-order valence-corrected chi connectivity index (χ1v) is 5.20. The number of halogens is 1. The number of aliphatic hydroxyl groups is 1. The Hall–Kier alpha value is -1.62. The zero-order valence-corrected chi connectivity index (χ0v) is 9.99. The third kappa shape index (κ3) is 2.94. The molecule has 0 fully saturated rings. The quantitative estimate of drug-likeness (QED) is 0.817. The minimum Gasteiger partial charge on any atom is -0.493 e. The van der Waals surface area contributed by atoms with E-state index in [4.69, 9.17) is 4.74 Å². The van der Waals surface area contributed by atoms with Crippen LogP contribution in [0.2, 0.25) is 0 Å². The molecular formula is C12H15FO4. The molecule has 4 nitrogen and oxygen atoms in total. The number of esters is 1. The van der Waals surface area contributed by atoms with E-state index in [9.17, 15) is 14.3 Å². The topological polar surface area (TPSA) is 55.8 Å². The van der Waals surface area contributed by atoms with Gasteiger partial charge in [-0.05, 0) is 31.5 Å². The number of aliphatic hydroxyl groups excluding tert-OH is 1. The number of carbonyl (C=O) groups is 1. The van der Waals surface area contributed by atoms with Crippen LogP contribution in [0, 0.1) is 12.7 Å². The second kappa shape index (κ2) is 5.63. The van der Waals surface area contributed by atoms with Gasteiger partial charge in [-0.25, -0.2) is 9.18 Å². The number of carbonyl (C=O) groups excluding carboxylic acids is 1. The number of hydrogen-bond acceptors (Lipinski definition) is 4. The molecule has 0 saturated heterocycles. The summed E-state index contributed by atoms with van der Waals surface area (Å²) in [5, 5.41) is 9.76. The number of rotatable bonds is 4. The predicted molar refractivity (Wildman–Crippen MR) is 59.3 cm³/mol. The summed E-state index contributed by atoms with van der Waals surface area (Å²) in [4.78, 5) is 11.4. The first kappa shape index (κ1) is 13.4. The fourth-order valence-corrected chi connectivity index (χ4v) is 1.52. The summed E-state index contributed by atoms with van der Waals surface area (Å²) in [6.07, 6.45) is -1.54. The first-order valence-electron chi connectivity index (χ1n) is 5.20. The lowest BCUT2D eigenvalue weighted by molar-refractivity contribution is -0.153. The summed E-state index contributed by atoms with van der Waals surface area (Å²) in [5.41, 5.74) is 0.657. The fourth-order valence-electron chi connectivity index (χ4n) is 1.52. The highest BCUT2D eigenvalue weighted by molar-refractivity contribution is 5.77. The molecule has 0 aromatic heterocycles. The second-order valence-corrected chi connectivity index (χ2v) is 3.52. The largest absolute Gasteiger partial charge is 0.493 e. The normalized spacial score (nSPS) is 12.1. The molecule has 1 N–H and O–H groups in total. The Kier molecular flexibility index (Phi) is 4.45. The van der Waals surface area contributed by atoms with Gasteiger partial charge in [0.1, 0.15) is 0 Å². The van der Waals surface area contributed by atoms with E-state index >= 15 is 0 Å². The molecule has 1 atom stereocenters. The zero-order valence-electron chi connectivity index (χ0n) is 9.99. The molecule has 94 valence electrons. The van der Waals surface area contributed by atoms with Crippen LogP contribution < -0.4 is 4.74 Å². The smallest absolute Gasteiger partial charge is 0.339 e. The van der Waals surface area contributed by atoms with Gasteiger partial charge in [0.15, 0.2) is 17.7 Å². The number of aryl methyl sites for hydroxylation is 1. The molecular weight excluding hydrogens is 227 g/mol. The van der Waals surface area contributed by atoms with Gasteiger partial charge in [0.25, 0.3) is 0 Å². The average Bonchev–Trinajstić information content (AvgIpc) is 2.27. The van der Waals surface area contributed by atoms with Gasteiger partial charge in [0.2, 0.25) is 0 Å². The van der Waals surface area contributed by atoms with Crippen molar-refractivity contribution in [1.29, 1.82) is 0 Å². The minimum atomic E-state index is -1.54. The van der Waals surface area contributed by atoms with Gasteiger partial charge in [0, 0.05) is 5.56 Å². The van der Waals surface area contributed by atoms with Gasteiger partial charge in [-0.15, -0.1) is 0 Å². The van der Waals surface area contributed by atoms with Gasteiger partial charge >= 0.3 is 5.97 Å². The van der Waals surface area contributed by atoms with E-state index < -0.39 is 17.9 Å². The van der Waals surface area contributed by atoms with Crippen LogP contribution in [0.1, 0.15) is 24.2 Å². The van der Waals surface area contributed by atoms with Crippen LogP contribution in [0.25, 0.3) is 0 Å². The van der Waals surface area contributed by atoms with E-state index in [0.717, 1.165) is 0 Å². The maximum Gasteiger partial charge on any atom is 0.339 e. The lowest BCUT2D eigenvalue weighted by Crippen LogP contribution is -2.16. The van der Waals surface area contributed by atoms with Crippen LogP contribution in [0.4, 0.5) is 4.39 Å². The van der Waals surface area contributed by atoms with Gasteiger partial charge in [-0.3, -0.25) is 0 Å². The maximum absolute atomic E-state index is 13.5. The van der Waals surface area contributed by atoms with Crippen molar-refractivity contribution in [3.63, 3.8) is 0 Å². The van der Waals surface area contributed by atoms with Crippen molar-refractivity contribution in [3.8, 4) is 5.75 Å². The zero-order chi connectivity index (χ0) is 13.0. The Morgan fingerprint density at radius 1 is 1.53 bits per heavy atom. The number of ether oxygens (including phenoxy) is 2. The SMILES string of the molecule is CCOC(=O)C(O)c1cc(C)cc(F)c1OC. The summed E-state index contributed by atoms with van der Waals surface area (Å²) < 4.78 is 23.0. The molecule has 0 saturated carbocycles. The van der Waals surface area contributed by atoms with Crippen molar-refractivity contribution in [1.82, 2.24) is 0 Å². The van der Waals surface area contributed by atoms with E-state index in [1.54, 1.807) is 13.8 Å². The van der Waals surface area contributed by atoms with Crippen LogP contribution in [-0.4, -0.2) is 24.8 Å². The van der Waals surface area contributed by atoms with Crippen molar-refractivity contribution >= 4 is 5.97 Å². The predicted octanol–water partition coefficient (Wildman–Crippen LogP) is 1.74. The van der Waals surface area contributed by atoms with Gasteiger partial charge < -0.3 is 14.6 Å². The molecule has 0 amide bonds. The van der Waals surface area contributed by atoms with Crippen LogP contribution in [0.3, 0.4) is 0 Å². The molecule has 0 spiro atoms. The summed E-state index contributed by atoms with van der Waals surface area (Å²) in [7, 11) is 1.27. The summed E-state index contributed by atoms with van der Waals surface area (Å²) in [5.74, 6) is -1.59. The molecule has 17 heavy (non-hydrogen) atoms. The molecule has 0 aliphatic rings. The molecule has 0 aliphatic heterocycles. The summed E-state index contributed by atoms with van der Waals surface area (Å²) >= 11 is 0. The molecule has 1 aromatic carbocycles. The van der Waals surface area contributed by atoms with Crippen molar-refractivity contribution < 1.29 is 23.8 Å². The monoisotopic (exact) mass is 242 g/mol. The van der Waals surface area contributed by atoms with E-state index in [0.29, 0.717) is 5.56 Å². The van der Waals surface area contributed by atoms with E-state index in [-0.39, 0.29) is 17.9 Å². The number of methoxy groups -OCH3 is 1. The molecule has 1 unspecified atom stereocenters. The fraction of sp³-hybridized carbons (Fsp3) is 0.417. The lowest BCUT2D eigenvalue weighted by Gasteiger charge is -2.15. The molecule has 1 rings (SSSR count). The molecule has 0 heterocycles. The Balaban J connectivity index is 3.15. The molecule has 5 heteroatoms. The van der Waals surface area contributed by atoms with Crippen molar-refractivity contribution in [3.05, 3.63) is 29.1 Å². The van der Waals surface area contributed by atoms with Crippen LogP contribution in [0.5, 0.6) is 5.75 Å². The van der Waals surface area contributed by atoms with Crippen LogP contribution in [0.15, 0.2) is 12.1 Å². The minimum absolute atomic E-state index is 0.0726. The molecule has 0 bridgehead atoms.